The third-order valence-corrected chi connectivity index (χ3v) is 4.30. The minimum Gasteiger partial charge on any atom is -0.298 e. The lowest BCUT2D eigenvalue weighted by Crippen LogP contribution is -2.29. The molecule has 1 aliphatic rings. The Morgan fingerprint density at radius 2 is 1.37 bits per heavy atom. The van der Waals surface area contributed by atoms with Crippen molar-refractivity contribution >= 4 is 23.8 Å². The van der Waals surface area contributed by atoms with Gasteiger partial charge in [-0.3, -0.25) is 14.4 Å². The van der Waals surface area contributed by atoms with Crippen molar-refractivity contribution in [3.05, 3.63) is 101 Å². The fraction of sp³-hybridized carbons (Fsp3) is 0. The van der Waals surface area contributed by atoms with Crippen molar-refractivity contribution in [1.82, 2.24) is 0 Å². The zero-order valence-corrected chi connectivity index (χ0v) is 14.2. The van der Waals surface area contributed by atoms with Crippen LogP contribution in [0.1, 0.15) is 42.2 Å². The van der Waals surface area contributed by atoms with E-state index in [0.717, 1.165) is 10.5 Å². The molecule has 3 aromatic rings. The molecule has 4 rings (SSSR count). The number of rotatable bonds is 2. The predicted octanol–water partition coefficient (Wildman–Crippen LogP) is 3.70. The molecule has 0 unspecified atom stereocenters. The number of carbonyl (C=O) groups is 3. The second-order valence-corrected chi connectivity index (χ2v) is 6.03. The van der Waals surface area contributed by atoms with Gasteiger partial charge in [0.15, 0.2) is 0 Å². The van der Waals surface area contributed by atoms with Gasteiger partial charge in [0, 0.05) is 16.7 Å². The summed E-state index contributed by atoms with van der Waals surface area (Å²) < 4.78 is 0. The molecule has 0 bridgehead atoms. The maximum atomic E-state index is 12.8. The van der Waals surface area contributed by atoms with E-state index >= 15 is 0 Å². The molecule has 0 fully saturated rings. The number of anilines is 1. The Labute approximate surface area is 156 Å². The number of imide groups is 1. The molecule has 0 saturated heterocycles. The lowest BCUT2D eigenvalue weighted by atomic mass is 10.1. The van der Waals surface area contributed by atoms with Crippen LogP contribution in [0, 0.1) is 11.8 Å². The van der Waals surface area contributed by atoms with E-state index in [1.54, 1.807) is 42.5 Å². The summed E-state index contributed by atoms with van der Waals surface area (Å²) in [5.74, 6) is 5.30. The summed E-state index contributed by atoms with van der Waals surface area (Å²) in [6, 6.07) is 20.9. The Bertz CT molecular complexity index is 1120. The highest BCUT2D eigenvalue weighted by atomic mass is 16.2. The molecular weight excluding hydrogens is 338 g/mol. The molecule has 4 heteroatoms. The molecule has 0 N–H and O–H groups in total. The Morgan fingerprint density at radius 3 is 2.07 bits per heavy atom. The molecule has 1 heterocycles. The van der Waals surface area contributed by atoms with Gasteiger partial charge in [0.2, 0.25) is 0 Å². The Morgan fingerprint density at radius 1 is 0.704 bits per heavy atom. The van der Waals surface area contributed by atoms with Gasteiger partial charge in [-0.25, -0.2) is 4.90 Å². The fourth-order valence-corrected chi connectivity index (χ4v) is 2.92. The van der Waals surface area contributed by atoms with Crippen molar-refractivity contribution in [2.75, 3.05) is 4.90 Å². The quantitative estimate of drug-likeness (QED) is 0.402. The minimum atomic E-state index is -0.391. The van der Waals surface area contributed by atoms with Crippen LogP contribution >= 0.6 is 0 Å². The first kappa shape index (κ1) is 16.5. The van der Waals surface area contributed by atoms with E-state index in [1.807, 2.05) is 30.3 Å². The Kier molecular flexibility index (Phi) is 4.12. The highest BCUT2D eigenvalue weighted by Crippen LogP contribution is 2.29. The van der Waals surface area contributed by atoms with Crippen LogP contribution in [0.2, 0.25) is 0 Å². The number of hydrogen-bond acceptors (Lipinski definition) is 3. The second-order valence-electron chi connectivity index (χ2n) is 6.03. The predicted molar refractivity (Wildman–Crippen MR) is 102 cm³/mol. The van der Waals surface area contributed by atoms with Gasteiger partial charge in [0.05, 0.1) is 16.8 Å². The fourth-order valence-electron chi connectivity index (χ4n) is 2.92. The highest BCUT2D eigenvalue weighted by molar-refractivity contribution is 6.34. The molecule has 128 valence electrons. The Balaban J connectivity index is 1.67. The van der Waals surface area contributed by atoms with E-state index in [0.29, 0.717) is 34.2 Å². The number of fused-ring (bicyclic) bond motifs is 1. The average molecular weight is 351 g/mol. The highest BCUT2D eigenvalue weighted by Gasteiger charge is 2.36. The van der Waals surface area contributed by atoms with Crippen molar-refractivity contribution in [2.45, 2.75) is 0 Å². The Hall–Kier alpha value is -3.97. The van der Waals surface area contributed by atoms with Crippen LogP contribution in [0.25, 0.3) is 0 Å². The van der Waals surface area contributed by atoms with Gasteiger partial charge in [-0.1, -0.05) is 30.0 Å². The van der Waals surface area contributed by atoms with Gasteiger partial charge in [0.25, 0.3) is 11.8 Å². The van der Waals surface area contributed by atoms with Gasteiger partial charge in [-0.15, -0.1) is 0 Å². The van der Waals surface area contributed by atoms with E-state index in [9.17, 15) is 14.4 Å². The topological polar surface area (TPSA) is 54.5 Å². The van der Waals surface area contributed by atoms with Crippen molar-refractivity contribution in [3.8, 4) is 11.8 Å². The molecule has 0 aromatic heterocycles. The van der Waals surface area contributed by atoms with E-state index < -0.39 is 5.91 Å². The molecular formula is C23H13NO3. The van der Waals surface area contributed by atoms with Crippen LogP contribution in [-0.4, -0.2) is 18.1 Å². The lowest BCUT2D eigenvalue weighted by Gasteiger charge is -2.13. The zero-order valence-electron chi connectivity index (χ0n) is 14.2. The number of amides is 2. The minimum absolute atomic E-state index is 0.333. The summed E-state index contributed by atoms with van der Waals surface area (Å²) >= 11 is 0. The molecule has 0 radical (unpaired) electrons. The number of aldehydes is 1. The summed E-state index contributed by atoms with van der Waals surface area (Å²) in [6.45, 7) is 0. The molecule has 4 nitrogen and oxygen atoms in total. The first-order valence-electron chi connectivity index (χ1n) is 8.32. The van der Waals surface area contributed by atoms with Crippen molar-refractivity contribution in [1.29, 1.82) is 0 Å². The van der Waals surface area contributed by atoms with Crippen molar-refractivity contribution in [2.24, 2.45) is 0 Å². The summed E-state index contributed by atoms with van der Waals surface area (Å²) in [5, 5.41) is 0. The molecule has 0 atom stereocenters. The van der Waals surface area contributed by atoms with Gasteiger partial charge >= 0.3 is 0 Å². The maximum Gasteiger partial charge on any atom is 0.266 e. The summed E-state index contributed by atoms with van der Waals surface area (Å²) in [6.07, 6.45) is 0.712. The zero-order chi connectivity index (χ0) is 18.8. The largest absolute Gasteiger partial charge is 0.298 e. The van der Waals surface area contributed by atoms with Crippen LogP contribution in [-0.2, 0) is 0 Å². The molecule has 0 aliphatic carbocycles. The molecule has 0 spiro atoms. The molecule has 2 amide bonds. The van der Waals surface area contributed by atoms with Gasteiger partial charge in [-0.05, 0) is 54.6 Å². The monoisotopic (exact) mass is 351 g/mol. The van der Waals surface area contributed by atoms with Gasteiger partial charge < -0.3 is 0 Å². The van der Waals surface area contributed by atoms with Crippen LogP contribution < -0.4 is 4.90 Å². The molecule has 1 aliphatic heterocycles. The summed E-state index contributed by atoms with van der Waals surface area (Å²) in [5.41, 5.74) is 3.14. The van der Waals surface area contributed by atoms with E-state index in [2.05, 4.69) is 11.8 Å². The summed E-state index contributed by atoms with van der Waals surface area (Å²) in [4.78, 5) is 37.3. The molecule has 27 heavy (non-hydrogen) atoms. The maximum absolute atomic E-state index is 12.8. The SMILES string of the molecule is O=Cc1ccc(N2C(=O)c3ccc(C#Cc4ccccc4)cc3C2=O)cc1. The smallest absolute Gasteiger partial charge is 0.266 e. The number of nitrogens with zero attached hydrogens (tertiary/aromatic N) is 1. The average Bonchev–Trinajstić information content (AvgIpc) is 2.97. The molecule has 0 saturated carbocycles. The molecule has 3 aromatic carbocycles. The van der Waals surface area contributed by atoms with Gasteiger partial charge in [0.1, 0.15) is 6.29 Å². The lowest BCUT2D eigenvalue weighted by molar-refractivity contribution is 0.0925. The van der Waals surface area contributed by atoms with Crippen molar-refractivity contribution < 1.29 is 14.4 Å². The summed E-state index contributed by atoms with van der Waals surface area (Å²) in [7, 11) is 0. The van der Waals surface area contributed by atoms with Crippen LogP contribution in [0.15, 0.2) is 72.8 Å². The normalized spacial score (nSPS) is 12.4. The van der Waals surface area contributed by atoms with E-state index in [1.165, 1.54) is 0 Å². The number of benzene rings is 3. The van der Waals surface area contributed by atoms with Crippen LogP contribution in [0.3, 0.4) is 0 Å². The first-order valence-corrected chi connectivity index (χ1v) is 8.32. The number of hydrogen-bond donors (Lipinski definition) is 0. The second kappa shape index (κ2) is 6.74. The first-order chi connectivity index (χ1) is 13.2. The third-order valence-electron chi connectivity index (χ3n) is 4.30. The van der Waals surface area contributed by atoms with E-state index in [-0.39, 0.29) is 5.91 Å². The standard InChI is InChI=1S/C23H13NO3/c25-15-18-8-11-19(12-9-18)24-22(26)20-13-10-17(14-21(20)23(24)27)7-6-16-4-2-1-3-5-16/h1-5,8-15H. The van der Waals surface area contributed by atoms with Gasteiger partial charge in [-0.2, -0.15) is 0 Å². The van der Waals surface area contributed by atoms with Crippen LogP contribution in [0.4, 0.5) is 5.69 Å². The number of carbonyl (C=O) groups excluding carboxylic acids is 3. The van der Waals surface area contributed by atoms with Crippen molar-refractivity contribution in [3.63, 3.8) is 0 Å². The third kappa shape index (κ3) is 3.03. The van der Waals surface area contributed by atoms with E-state index in [4.69, 9.17) is 0 Å². The van der Waals surface area contributed by atoms with Crippen LogP contribution in [0.5, 0.6) is 0 Å².